The molecule has 3 nitrogen and oxygen atoms in total. The van der Waals surface area contributed by atoms with E-state index in [1.165, 1.54) is 12.1 Å². The summed E-state index contributed by atoms with van der Waals surface area (Å²) in [6, 6.07) is 10.3. The third-order valence-electron chi connectivity index (χ3n) is 2.67. The number of hydrogen-bond acceptors (Lipinski definition) is 2. The third kappa shape index (κ3) is 3.85. The van der Waals surface area contributed by atoms with Crippen molar-refractivity contribution in [3.8, 4) is 0 Å². The van der Waals surface area contributed by atoms with Crippen molar-refractivity contribution in [3.05, 3.63) is 62.9 Å². The van der Waals surface area contributed by atoms with E-state index in [1.54, 1.807) is 18.0 Å². The van der Waals surface area contributed by atoms with Crippen LogP contribution in [0.3, 0.4) is 0 Å². The lowest BCUT2D eigenvalue weighted by Crippen LogP contribution is -2.26. The molecular weight excluding hydrogens is 319 g/mol. The van der Waals surface area contributed by atoms with Gasteiger partial charge in [-0.3, -0.25) is 4.79 Å². The van der Waals surface area contributed by atoms with Gasteiger partial charge in [0.05, 0.1) is 0 Å². The summed E-state index contributed by atoms with van der Waals surface area (Å²) in [6.07, 6.45) is 0. The van der Waals surface area contributed by atoms with Crippen molar-refractivity contribution in [2.45, 2.75) is 6.54 Å². The fourth-order valence-corrected chi connectivity index (χ4v) is 2.46. The quantitative estimate of drug-likeness (QED) is 0.786. The molecule has 1 aromatic heterocycles. The number of carbonyl (C=O) groups is 1. The fraction of sp³-hybridized carbons (Fsp3) is 0.143. The second kappa shape index (κ2) is 6.44. The minimum Gasteiger partial charge on any atom is -0.337 e. The van der Waals surface area contributed by atoms with Crippen LogP contribution in [0.5, 0.6) is 0 Å². The van der Waals surface area contributed by atoms with E-state index in [2.05, 4.69) is 4.98 Å². The van der Waals surface area contributed by atoms with Crippen molar-refractivity contribution in [2.75, 3.05) is 7.05 Å². The summed E-state index contributed by atoms with van der Waals surface area (Å²) in [7, 11) is 1.70. The van der Waals surface area contributed by atoms with E-state index in [-0.39, 0.29) is 16.2 Å². The molecule has 1 amide bonds. The number of hydrogen-bond donors (Lipinski definition) is 0. The van der Waals surface area contributed by atoms with Crippen LogP contribution in [-0.4, -0.2) is 22.8 Å². The van der Waals surface area contributed by atoms with Gasteiger partial charge in [0.2, 0.25) is 0 Å². The zero-order chi connectivity index (χ0) is 14.7. The standard InChI is InChI=1S/C14H11Cl3N2O/c1-19(8-9-3-2-4-11(15)5-9)14(20)10-6-12(16)18-13(17)7-10/h2-7H,8H2,1H3. The summed E-state index contributed by atoms with van der Waals surface area (Å²) < 4.78 is 0. The number of halogens is 3. The molecule has 1 heterocycles. The summed E-state index contributed by atoms with van der Waals surface area (Å²) in [5.41, 5.74) is 1.35. The topological polar surface area (TPSA) is 33.2 Å². The molecule has 0 unspecified atom stereocenters. The highest BCUT2D eigenvalue weighted by Crippen LogP contribution is 2.17. The van der Waals surface area contributed by atoms with Crippen LogP contribution in [0.1, 0.15) is 15.9 Å². The molecule has 0 bridgehead atoms. The fourth-order valence-electron chi connectivity index (χ4n) is 1.79. The van der Waals surface area contributed by atoms with Crippen LogP contribution in [0.15, 0.2) is 36.4 Å². The lowest BCUT2D eigenvalue weighted by Gasteiger charge is -2.17. The Morgan fingerprint density at radius 1 is 1.15 bits per heavy atom. The first-order valence-corrected chi connectivity index (χ1v) is 6.92. The Morgan fingerprint density at radius 2 is 1.80 bits per heavy atom. The molecule has 0 aliphatic heterocycles. The summed E-state index contributed by atoms with van der Waals surface area (Å²) in [5.74, 6) is -0.184. The zero-order valence-corrected chi connectivity index (χ0v) is 12.9. The predicted octanol–water partition coefficient (Wildman–Crippen LogP) is 4.31. The number of rotatable bonds is 3. The molecule has 6 heteroatoms. The Kier molecular flexibility index (Phi) is 4.86. The smallest absolute Gasteiger partial charge is 0.254 e. The van der Waals surface area contributed by atoms with Crippen LogP contribution in [-0.2, 0) is 6.54 Å². The van der Waals surface area contributed by atoms with E-state index in [0.29, 0.717) is 17.1 Å². The molecule has 0 fully saturated rings. The molecule has 0 aliphatic rings. The molecule has 0 spiro atoms. The highest BCUT2D eigenvalue weighted by atomic mass is 35.5. The van der Waals surface area contributed by atoms with Gasteiger partial charge >= 0.3 is 0 Å². The van der Waals surface area contributed by atoms with Crippen molar-refractivity contribution in [1.29, 1.82) is 0 Å². The van der Waals surface area contributed by atoms with Gasteiger partial charge in [-0.15, -0.1) is 0 Å². The summed E-state index contributed by atoms with van der Waals surface area (Å²) in [6.45, 7) is 0.441. The van der Waals surface area contributed by atoms with Crippen LogP contribution >= 0.6 is 34.8 Å². The Balaban J connectivity index is 2.16. The molecule has 2 aromatic rings. The molecule has 0 radical (unpaired) electrons. The van der Waals surface area contributed by atoms with Gasteiger partial charge in [-0.2, -0.15) is 0 Å². The van der Waals surface area contributed by atoms with Gasteiger partial charge in [-0.1, -0.05) is 46.9 Å². The number of carbonyl (C=O) groups excluding carboxylic acids is 1. The number of nitrogens with zero attached hydrogens (tertiary/aromatic N) is 2. The van der Waals surface area contributed by atoms with E-state index in [9.17, 15) is 4.79 Å². The molecule has 0 saturated heterocycles. The normalized spacial score (nSPS) is 10.4. The maximum absolute atomic E-state index is 12.3. The lowest BCUT2D eigenvalue weighted by molar-refractivity contribution is 0.0785. The van der Waals surface area contributed by atoms with Gasteiger partial charge in [0, 0.05) is 24.2 Å². The largest absolute Gasteiger partial charge is 0.337 e. The number of benzene rings is 1. The molecular formula is C14H11Cl3N2O. The summed E-state index contributed by atoms with van der Waals surface area (Å²) >= 11 is 17.5. The maximum Gasteiger partial charge on any atom is 0.254 e. The van der Waals surface area contributed by atoms with Crippen LogP contribution in [0, 0.1) is 0 Å². The van der Waals surface area contributed by atoms with E-state index in [0.717, 1.165) is 5.56 Å². The molecule has 0 N–H and O–H groups in total. The first-order chi connectivity index (χ1) is 9.45. The van der Waals surface area contributed by atoms with Gasteiger partial charge in [0.15, 0.2) is 0 Å². The molecule has 20 heavy (non-hydrogen) atoms. The van der Waals surface area contributed by atoms with Gasteiger partial charge < -0.3 is 4.90 Å². The Hall–Kier alpha value is -1.29. The maximum atomic E-state index is 12.3. The van der Waals surface area contributed by atoms with Crippen molar-refractivity contribution >= 4 is 40.7 Å². The number of aromatic nitrogens is 1. The molecule has 0 saturated carbocycles. The van der Waals surface area contributed by atoms with Crippen molar-refractivity contribution in [3.63, 3.8) is 0 Å². The Labute approximate surface area is 132 Å². The van der Waals surface area contributed by atoms with E-state index in [4.69, 9.17) is 34.8 Å². The SMILES string of the molecule is CN(Cc1cccc(Cl)c1)C(=O)c1cc(Cl)nc(Cl)c1. The first kappa shape index (κ1) is 15.1. The molecule has 104 valence electrons. The molecule has 0 aliphatic carbocycles. The van der Waals surface area contributed by atoms with Crippen LogP contribution < -0.4 is 0 Å². The van der Waals surface area contributed by atoms with Crippen molar-refractivity contribution < 1.29 is 4.79 Å². The zero-order valence-electron chi connectivity index (χ0n) is 10.6. The highest BCUT2D eigenvalue weighted by Gasteiger charge is 2.14. The van der Waals surface area contributed by atoms with E-state index >= 15 is 0 Å². The summed E-state index contributed by atoms with van der Waals surface area (Å²) in [4.78, 5) is 17.7. The third-order valence-corrected chi connectivity index (χ3v) is 3.29. The lowest BCUT2D eigenvalue weighted by atomic mass is 10.2. The van der Waals surface area contributed by atoms with Crippen LogP contribution in [0.4, 0.5) is 0 Å². The van der Waals surface area contributed by atoms with Crippen LogP contribution in [0.2, 0.25) is 15.3 Å². The van der Waals surface area contributed by atoms with Gasteiger partial charge in [0.25, 0.3) is 5.91 Å². The van der Waals surface area contributed by atoms with Crippen molar-refractivity contribution in [2.24, 2.45) is 0 Å². The number of pyridine rings is 1. The first-order valence-electron chi connectivity index (χ1n) is 5.78. The Morgan fingerprint density at radius 3 is 2.40 bits per heavy atom. The monoisotopic (exact) mass is 328 g/mol. The molecule has 2 rings (SSSR count). The van der Waals surface area contributed by atoms with E-state index < -0.39 is 0 Å². The molecule has 1 aromatic carbocycles. The second-order valence-electron chi connectivity index (χ2n) is 4.29. The predicted molar refractivity (Wildman–Crippen MR) is 81.5 cm³/mol. The average Bonchev–Trinajstić information content (AvgIpc) is 2.36. The molecule has 0 atom stereocenters. The minimum atomic E-state index is -0.184. The van der Waals surface area contributed by atoms with E-state index in [1.807, 2.05) is 18.2 Å². The van der Waals surface area contributed by atoms with Gasteiger partial charge in [0.1, 0.15) is 10.3 Å². The second-order valence-corrected chi connectivity index (χ2v) is 5.50. The van der Waals surface area contributed by atoms with Gasteiger partial charge in [-0.25, -0.2) is 4.98 Å². The average molecular weight is 330 g/mol. The number of amides is 1. The highest BCUT2D eigenvalue weighted by molar-refractivity contribution is 6.33. The summed E-state index contributed by atoms with van der Waals surface area (Å²) in [5, 5.41) is 1.02. The minimum absolute atomic E-state index is 0.184. The van der Waals surface area contributed by atoms with Crippen LogP contribution in [0.25, 0.3) is 0 Å². The van der Waals surface area contributed by atoms with Crippen molar-refractivity contribution in [1.82, 2.24) is 9.88 Å². The Bertz CT molecular complexity index is 626. The van der Waals surface area contributed by atoms with Gasteiger partial charge in [-0.05, 0) is 29.8 Å².